The highest BCUT2D eigenvalue weighted by Crippen LogP contribution is 2.28. The minimum atomic E-state index is 0.394. The standard InChI is InChI=1S/C16H22N2OS/c17-15(20)13-9-12-7-4-8-14(12)18-16(13)19-10-11-5-2-1-3-6-11/h9,11H,1-8,10H2,(H2,17,20). The third-order valence-corrected chi connectivity index (χ3v) is 4.68. The summed E-state index contributed by atoms with van der Waals surface area (Å²) in [6.07, 6.45) is 9.87. The van der Waals surface area contributed by atoms with Gasteiger partial charge in [-0.15, -0.1) is 0 Å². The van der Waals surface area contributed by atoms with Crippen molar-refractivity contribution in [3.05, 3.63) is 22.9 Å². The van der Waals surface area contributed by atoms with E-state index in [-0.39, 0.29) is 0 Å². The highest BCUT2D eigenvalue weighted by molar-refractivity contribution is 7.80. The fraction of sp³-hybridized carbons (Fsp3) is 0.625. The molecular weight excluding hydrogens is 268 g/mol. The van der Waals surface area contributed by atoms with E-state index in [9.17, 15) is 0 Å². The van der Waals surface area contributed by atoms with Gasteiger partial charge in [-0.1, -0.05) is 31.5 Å². The van der Waals surface area contributed by atoms with Crippen LogP contribution in [0.4, 0.5) is 0 Å². The number of nitrogens with zero attached hydrogens (tertiary/aromatic N) is 1. The first-order valence-corrected chi connectivity index (χ1v) is 8.10. The molecule has 2 aliphatic rings. The Bertz CT molecular complexity index is 509. The van der Waals surface area contributed by atoms with Crippen LogP contribution in [-0.4, -0.2) is 16.6 Å². The van der Waals surface area contributed by atoms with Crippen LogP contribution in [-0.2, 0) is 12.8 Å². The molecule has 0 aromatic carbocycles. The summed E-state index contributed by atoms with van der Waals surface area (Å²) in [5.41, 5.74) is 9.10. The van der Waals surface area contributed by atoms with Gasteiger partial charge in [-0.2, -0.15) is 0 Å². The molecule has 0 saturated heterocycles. The number of aromatic nitrogens is 1. The lowest BCUT2D eigenvalue weighted by Crippen LogP contribution is -2.19. The van der Waals surface area contributed by atoms with Crippen molar-refractivity contribution in [3.8, 4) is 5.88 Å². The van der Waals surface area contributed by atoms with E-state index in [1.54, 1.807) is 0 Å². The Kier molecular flexibility index (Phi) is 4.20. The van der Waals surface area contributed by atoms with E-state index in [1.165, 1.54) is 49.8 Å². The average molecular weight is 290 g/mol. The SMILES string of the molecule is NC(=S)c1cc2c(nc1OCC1CCCCC1)CCC2. The lowest BCUT2D eigenvalue weighted by Gasteiger charge is -2.22. The lowest BCUT2D eigenvalue weighted by atomic mass is 9.90. The molecule has 1 saturated carbocycles. The third kappa shape index (κ3) is 2.95. The van der Waals surface area contributed by atoms with Gasteiger partial charge in [0.15, 0.2) is 0 Å². The van der Waals surface area contributed by atoms with Crippen LogP contribution in [0.15, 0.2) is 6.07 Å². The van der Waals surface area contributed by atoms with Crippen LogP contribution in [0.3, 0.4) is 0 Å². The van der Waals surface area contributed by atoms with Crippen molar-refractivity contribution in [1.82, 2.24) is 4.98 Å². The summed E-state index contributed by atoms with van der Waals surface area (Å²) < 4.78 is 5.98. The number of pyridine rings is 1. The van der Waals surface area contributed by atoms with Gasteiger partial charge >= 0.3 is 0 Å². The van der Waals surface area contributed by atoms with Gasteiger partial charge in [-0.25, -0.2) is 4.98 Å². The first-order chi connectivity index (χ1) is 9.74. The molecule has 0 aliphatic heterocycles. The van der Waals surface area contributed by atoms with Crippen molar-refractivity contribution in [3.63, 3.8) is 0 Å². The van der Waals surface area contributed by atoms with E-state index in [0.717, 1.165) is 25.0 Å². The third-order valence-electron chi connectivity index (χ3n) is 4.46. The van der Waals surface area contributed by atoms with Gasteiger partial charge in [0.05, 0.1) is 12.2 Å². The zero-order valence-corrected chi connectivity index (χ0v) is 12.7. The number of aryl methyl sites for hydroxylation is 2. The van der Waals surface area contributed by atoms with E-state index < -0.39 is 0 Å². The van der Waals surface area contributed by atoms with Crippen LogP contribution >= 0.6 is 12.2 Å². The summed E-state index contributed by atoms with van der Waals surface area (Å²) in [4.78, 5) is 5.06. The molecule has 0 radical (unpaired) electrons. The van der Waals surface area contributed by atoms with E-state index in [2.05, 4.69) is 11.1 Å². The molecule has 0 amide bonds. The lowest BCUT2D eigenvalue weighted by molar-refractivity contribution is 0.202. The van der Waals surface area contributed by atoms with Gasteiger partial charge in [0.2, 0.25) is 5.88 Å². The Morgan fingerprint density at radius 1 is 1.25 bits per heavy atom. The van der Waals surface area contributed by atoms with Crippen LogP contribution in [0, 0.1) is 5.92 Å². The Morgan fingerprint density at radius 3 is 2.80 bits per heavy atom. The highest BCUT2D eigenvalue weighted by Gasteiger charge is 2.20. The molecule has 0 unspecified atom stereocenters. The molecule has 0 bridgehead atoms. The summed E-state index contributed by atoms with van der Waals surface area (Å²) in [5.74, 6) is 1.32. The minimum Gasteiger partial charge on any atom is -0.477 e. The second-order valence-electron chi connectivity index (χ2n) is 5.98. The summed E-state index contributed by atoms with van der Waals surface area (Å²) in [7, 11) is 0. The molecule has 2 aliphatic carbocycles. The minimum absolute atomic E-state index is 0.394. The molecule has 108 valence electrons. The average Bonchev–Trinajstić information content (AvgIpc) is 2.92. The molecule has 3 nitrogen and oxygen atoms in total. The van der Waals surface area contributed by atoms with Crippen molar-refractivity contribution in [2.45, 2.75) is 51.4 Å². The van der Waals surface area contributed by atoms with Gasteiger partial charge in [-0.3, -0.25) is 0 Å². The molecule has 1 aromatic rings. The van der Waals surface area contributed by atoms with E-state index >= 15 is 0 Å². The summed E-state index contributed by atoms with van der Waals surface area (Å²) >= 11 is 5.15. The van der Waals surface area contributed by atoms with Crippen molar-refractivity contribution in [2.24, 2.45) is 11.7 Å². The molecule has 20 heavy (non-hydrogen) atoms. The maximum atomic E-state index is 5.98. The Labute approximate surface area is 125 Å². The van der Waals surface area contributed by atoms with Gasteiger partial charge in [0, 0.05) is 5.69 Å². The molecule has 1 fully saturated rings. The molecule has 3 rings (SSSR count). The normalized spacial score (nSPS) is 18.8. The highest BCUT2D eigenvalue weighted by atomic mass is 32.1. The topological polar surface area (TPSA) is 48.1 Å². The Hall–Kier alpha value is -1.16. The van der Waals surface area contributed by atoms with Gasteiger partial charge in [-0.05, 0) is 49.7 Å². The number of rotatable bonds is 4. The number of hydrogen-bond acceptors (Lipinski definition) is 3. The maximum Gasteiger partial charge on any atom is 0.224 e. The monoisotopic (exact) mass is 290 g/mol. The van der Waals surface area contributed by atoms with Crippen LogP contribution in [0.25, 0.3) is 0 Å². The zero-order chi connectivity index (χ0) is 13.9. The van der Waals surface area contributed by atoms with Crippen LogP contribution in [0.5, 0.6) is 5.88 Å². The number of thiocarbonyl (C=S) groups is 1. The second kappa shape index (κ2) is 6.08. The zero-order valence-electron chi connectivity index (χ0n) is 11.9. The van der Waals surface area contributed by atoms with Crippen LogP contribution in [0.2, 0.25) is 0 Å². The number of ether oxygens (including phenoxy) is 1. The smallest absolute Gasteiger partial charge is 0.224 e. The first-order valence-electron chi connectivity index (χ1n) is 7.69. The van der Waals surface area contributed by atoms with Gasteiger partial charge < -0.3 is 10.5 Å². The second-order valence-corrected chi connectivity index (χ2v) is 6.42. The fourth-order valence-corrected chi connectivity index (χ4v) is 3.44. The predicted molar refractivity (Wildman–Crippen MR) is 84.2 cm³/mol. The van der Waals surface area contributed by atoms with E-state index in [0.29, 0.717) is 16.8 Å². The quantitative estimate of drug-likeness (QED) is 0.865. The number of fused-ring (bicyclic) bond motifs is 1. The molecule has 1 aromatic heterocycles. The van der Waals surface area contributed by atoms with Crippen molar-refractivity contribution in [2.75, 3.05) is 6.61 Å². The molecule has 0 spiro atoms. The van der Waals surface area contributed by atoms with Crippen molar-refractivity contribution < 1.29 is 4.74 Å². The molecule has 1 heterocycles. The molecule has 4 heteroatoms. The Morgan fingerprint density at radius 2 is 2.05 bits per heavy atom. The van der Waals surface area contributed by atoms with Crippen molar-refractivity contribution in [1.29, 1.82) is 0 Å². The molecular formula is C16H22N2OS. The first kappa shape index (κ1) is 13.8. The van der Waals surface area contributed by atoms with Crippen LogP contribution < -0.4 is 10.5 Å². The fourth-order valence-electron chi connectivity index (χ4n) is 3.29. The largest absolute Gasteiger partial charge is 0.477 e. The molecule has 2 N–H and O–H groups in total. The predicted octanol–water partition coefficient (Wildman–Crippen LogP) is 3.16. The van der Waals surface area contributed by atoms with Crippen LogP contribution in [0.1, 0.15) is 55.3 Å². The Balaban J connectivity index is 1.75. The van der Waals surface area contributed by atoms with E-state index in [1.807, 2.05) is 0 Å². The number of nitrogens with two attached hydrogens (primary N) is 1. The van der Waals surface area contributed by atoms with E-state index in [4.69, 9.17) is 22.7 Å². The van der Waals surface area contributed by atoms with Gasteiger partial charge in [0.25, 0.3) is 0 Å². The summed E-state index contributed by atoms with van der Waals surface area (Å²) in [6, 6.07) is 2.09. The molecule has 0 atom stereocenters. The maximum absolute atomic E-state index is 5.98. The summed E-state index contributed by atoms with van der Waals surface area (Å²) in [5, 5.41) is 0. The number of hydrogen-bond donors (Lipinski definition) is 1. The van der Waals surface area contributed by atoms with Gasteiger partial charge in [0.1, 0.15) is 4.99 Å². The summed E-state index contributed by atoms with van der Waals surface area (Å²) in [6.45, 7) is 0.751. The van der Waals surface area contributed by atoms with Crippen molar-refractivity contribution >= 4 is 17.2 Å².